The molecule has 0 aliphatic heterocycles. The Morgan fingerprint density at radius 2 is 1.63 bits per heavy atom. The minimum atomic E-state index is -4.15. The third kappa shape index (κ3) is 4.37. The number of amides is 2. The van der Waals surface area contributed by atoms with E-state index in [0.29, 0.717) is 0 Å². The predicted molar refractivity (Wildman–Crippen MR) is 117 cm³/mol. The van der Waals surface area contributed by atoms with Gasteiger partial charge in [-0.25, -0.2) is 17.9 Å². The van der Waals surface area contributed by atoms with Crippen LogP contribution in [0.1, 0.15) is 55.0 Å². The van der Waals surface area contributed by atoms with Gasteiger partial charge in [0, 0.05) is 53.5 Å². The second-order valence-electron chi connectivity index (χ2n) is 8.00. The third-order valence-corrected chi connectivity index (χ3v) is 7.05. The number of pyridine rings is 1. The number of sulfonamides is 1. The summed E-state index contributed by atoms with van der Waals surface area (Å²) in [5.41, 5.74) is 5.09. The second kappa shape index (κ2) is 8.86. The van der Waals surface area contributed by atoms with Crippen LogP contribution in [0.25, 0.3) is 0 Å². The zero-order valence-corrected chi connectivity index (χ0v) is 20.4. The first-order chi connectivity index (χ1) is 13.8. The van der Waals surface area contributed by atoms with Gasteiger partial charge in [0.15, 0.2) is 0 Å². The summed E-state index contributed by atoms with van der Waals surface area (Å²) in [6.45, 7) is 3.66. The fourth-order valence-electron chi connectivity index (χ4n) is 4.35. The van der Waals surface area contributed by atoms with Gasteiger partial charge in [-0.3, -0.25) is 4.79 Å². The van der Waals surface area contributed by atoms with Gasteiger partial charge in [-0.15, -0.1) is 0 Å². The van der Waals surface area contributed by atoms with Crippen molar-refractivity contribution in [1.82, 2.24) is 9.29 Å². The molecule has 0 spiro atoms. The number of hydrogen-bond acceptors (Lipinski definition) is 4. The normalized spacial score (nSPS) is 14.8. The Hall–Kier alpha value is -1.61. The van der Waals surface area contributed by atoms with E-state index in [1.165, 1.54) is 28.0 Å². The van der Waals surface area contributed by atoms with Gasteiger partial charge in [0.1, 0.15) is 0 Å². The van der Waals surface area contributed by atoms with Crippen LogP contribution < -0.4 is 15.6 Å². The number of aryl methyl sites for hydroxylation is 2. The van der Waals surface area contributed by atoms with E-state index in [1.54, 1.807) is 0 Å². The number of fused-ring (bicyclic) bond motifs is 2. The topological polar surface area (TPSA) is 97.3 Å². The molecule has 1 radical (unpaired) electrons. The van der Waals surface area contributed by atoms with Crippen LogP contribution in [0.4, 0.5) is 10.5 Å². The van der Waals surface area contributed by atoms with Crippen molar-refractivity contribution in [1.29, 1.82) is 0 Å². The monoisotopic (exact) mass is 438 g/mol. The summed E-state index contributed by atoms with van der Waals surface area (Å²) in [4.78, 5) is 24.5. The van der Waals surface area contributed by atoms with E-state index in [-0.39, 0.29) is 40.5 Å². The van der Waals surface area contributed by atoms with Crippen molar-refractivity contribution < 1.29 is 13.2 Å². The fourth-order valence-corrected chi connectivity index (χ4v) is 5.26. The van der Waals surface area contributed by atoms with Crippen LogP contribution in [0, 0.1) is 0 Å². The molecule has 0 saturated carbocycles. The van der Waals surface area contributed by atoms with Gasteiger partial charge in [-0.05, 0) is 80.7 Å². The molecule has 1 aromatic carbocycles. The molecule has 7 nitrogen and oxygen atoms in total. The average molecular weight is 439 g/mol. The number of urea groups is 1. The second-order valence-corrected chi connectivity index (χ2v) is 9.68. The van der Waals surface area contributed by atoms with Crippen LogP contribution in [0.2, 0.25) is 0 Å². The van der Waals surface area contributed by atoms with Crippen molar-refractivity contribution in [3.63, 3.8) is 0 Å². The standard InChI is InChI=1S/C21H25N3O4S.Na/c1-13(2)24-10-9-16(12-19(24)25)29(27,28)23-21(26)22-20-17-7-3-5-14(17)11-15-6-4-8-18(15)20;/h9-13H,3-8H2,1-2H3,(H2,22,23,26);. The molecule has 1 heterocycles. The molecule has 2 aliphatic carbocycles. The van der Waals surface area contributed by atoms with Gasteiger partial charge in [-0.2, -0.15) is 0 Å². The number of benzene rings is 1. The van der Waals surface area contributed by atoms with Gasteiger partial charge >= 0.3 is 6.03 Å². The summed E-state index contributed by atoms with van der Waals surface area (Å²) in [5.74, 6) is 0. The van der Waals surface area contributed by atoms with Gasteiger partial charge in [0.05, 0.1) is 4.90 Å². The molecule has 2 amide bonds. The SMILES string of the molecule is CC(C)n1ccc(S(=O)(=O)NC(=O)Nc2c3c(cc4c2CCC4)CCC3)cc1=O.[Na]. The first kappa shape index (κ1) is 23.1. The molecule has 0 unspecified atom stereocenters. The largest absolute Gasteiger partial charge is 0.333 e. The van der Waals surface area contributed by atoms with Crippen molar-refractivity contribution >= 4 is 51.3 Å². The number of nitrogens with zero attached hydrogens (tertiary/aromatic N) is 1. The molecule has 155 valence electrons. The van der Waals surface area contributed by atoms with Crippen LogP contribution >= 0.6 is 0 Å². The Morgan fingerprint density at radius 1 is 1.03 bits per heavy atom. The predicted octanol–water partition coefficient (Wildman–Crippen LogP) is 2.54. The molecule has 1 aromatic heterocycles. The Labute approximate surface area is 198 Å². The Kier molecular flexibility index (Phi) is 6.81. The first-order valence-corrected chi connectivity index (χ1v) is 11.5. The minimum Gasteiger partial charge on any atom is -0.313 e. The van der Waals surface area contributed by atoms with Crippen molar-refractivity contribution in [3.05, 3.63) is 57.0 Å². The molecule has 0 fully saturated rings. The van der Waals surface area contributed by atoms with Crippen LogP contribution in [-0.4, -0.2) is 48.6 Å². The number of carbonyl (C=O) groups excluding carboxylic acids is 1. The summed E-state index contributed by atoms with van der Waals surface area (Å²) < 4.78 is 28.7. The summed E-state index contributed by atoms with van der Waals surface area (Å²) in [6, 6.07) is 3.72. The maximum absolute atomic E-state index is 12.6. The van der Waals surface area contributed by atoms with E-state index in [9.17, 15) is 18.0 Å². The van der Waals surface area contributed by atoms with Crippen molar-refractivity contribution in [2.24, 2.45) is 0 Å². The van der Waals surface area contributed by atoms with Crippen LogP contribution in [0.5, 0.6) is 0 Å². The van der Waals surface area contributed by atoms with E-state index in [0.717, 1.165) is 61.4 Å². The van der Waals surface area contributed by atoms with Crippen LogP contribution in [0.15, 0.2) is 34.1 Å². The zero-order chi connectivity index (χ0) is 20.8. The van der Waals surface area contributed by atoms with Gasteiger partial charge in [0.2, 0.25) is 0 Å². The van der Waals surface area contributed by atoms with E-state index < -0.39 is 21.6 Å². The summed E-state index contributed by atoms with van der Waals surface area (Å²) in [6.07, 6.45) is 7.26. The maximum atomic E-state index is 12.6. The number of carbonyl (C=O) groups is 1. The number of aromatic nitrogens is 1. The number of rotatable bonds is 4. The molecule has 0 atom stereocenters. The Balaban J connectivity index is 0.00000256. The van der Waals surface area contributed by atoms with E-state index in [1.807, 2.05) is 13.8 Å². The van der Waals surface area contributed by atoms with Crippen molar-refractivity contribution in [2.75, 3.05) is 5.32 Å². The van der Waals surface area contributed by atoms with Gasteiger partial charge in [-0.1, -0.05) is 6.07 Å². The summed E-state index contributed by atoms with van der Waals surface area (Å²) in [7, 11) is -4.15. The molecular formula is C21H25N3NaO4S. The molecular weight excluding hydrogens is 413 g/mol. The molecule has 0 saturated heterocycles. The van der Waals surface area contributed by atoms with Crippen LogP contribution in [-0.2, 0) is 35.7 Å². The molecule has 2 aromatic rings. The number of anilines is 1. The van der Waals surface area contributed by atoms with Crippen molar-refractivity contribution in [3.8, 4) is 0 Å². The van der Waals surface area contributed by atoms with Crippen molar-refractivity contribution in [2.45, 2.75) is 63.3 Å². The maximum Gasteiger partial charge on any atom is 0.333 e. The minimum absolute atomic E-state index is 0. The smallest absolute Gasteiger partial charge is 0.313 e. The number of nitrogens with one attached hydrogen (secondary N) is 2. The molecule has 9 heteroatoms. The van der Waals surface area contributed by atoms with Gasteiger partial charge in [0.25, 0.3) is 15.6 Å². The molecule has 30 heavy (non-hydrogen) atoms. The Bertz CT molecular complexity index is 1120. The van der Waals surface area contributed by atoms with E-state index >= 15 is 0 Å². The summed E-state index contributed by atoms with van der Waals surface area (Å²) in [5, 5.41) is 2.80. The fraction of sp³-hybridized carbons (Fsp3) is 0.429. The average Bonchev–Trinajstić information content (AvgIpc) is 3.29. The zero-order valence-electron chi connectivity index (χ0n) is 17.6. The molecule has 2 N–H and O–H groups in total. The Morgan fingerprint density at radius 3 is 2.17 bits per heavy atom. The molecule has 2 aliphatic rings. The van der Waals surface area contributed by atoms with E-state index in [2.05, 4.69) is 16.1 Å². The summed E-state index contributed by atoms with van der Waals surface area (Å²) >= 11 is 0. The number of hydrogen-bond donors (Lipinski definition) is 2. The van der Waals surface area contributed by atoms with Gasteiger partial charge < -0.3 is 9.88 Å². The van der Waals surface area contributed by atoms with E-state index in [4.69, 9.17) is 0 Å². The molecule has 4 rings (SSSR count). The quantitative estimate of drug-likeness (QED) is 0.717. The van der Waals surface area contributed by atoms with Crippen LogP contribution in [0.3, 0.4) is 0 Å². The third-order valence-electron chi connectivity index (χ3n) is 5.72. The first-order valence-electron chi connectivity index (χ1n) is 9.99. The molecule has 0 bridgehead atoms.